The highest BCUT2D eigenvalue weighted by Crippen LogP contribution is 2.30. The first-order chi connectivity index (χ1) is 16.9. The molecule has 0 atom stereocenters. The van der Waals surface area contributed by atoms with Gasteiger partial charge in [0.2, 0.25) is 0 Å². The van der Waals surface area contributed by atoms with Crippen molar-refractivity contribution in [1.29, 1.82) is 0 Å². The van der Waals surface area contributed by atoms with Crippen LogP contribution < -0.4 is 10.6 Å². The number of amides is 2. The lowest BCUT2D eigenvalue weighted by molar-refractivity contribution is 0.0915. The second-order valence-corrected chi connectivity index (χ2v) is 9.78. The Morgan fingerprint density at radius 2 is 1.80 bits per heavy atom. The standard InChI is InChI=1S/C26H24N6O2S/c1-26(2,19-7-4-3-5-8-19)29-24(34)21-15-20-22(30-31-25(20)35-21)28-23(33)18-11-9-17(10-12-18)16-32-14-6-13-27-32/h3-15H,16H2,1-2H3,(H,29,34)(H2,28,30,31,33). The molecule has 0 bridgehead atoms. The van der Waals surface area contributed by atoms with Crippen LogP contribution in [0.25, 0.3) is 10.2 Å². The van der Waals surface area contributed by atoms with Gasteiger partial charge in [0.15, 0.2) is 5.82 Å². The molecular formula is C26H24N6O2S. The first-order valence-electron chi connectivity index (χ1n) is 11.1. The van der Waals surface area contributed by atoms with Gasteiger partial charge in [0.25, 0.3) is 11.8 Å². The lowest BCUT2D eigenvalue weighted by atomic mass is 9.94. The molecule has 9 heteroatoms. The Hall–Kier alpha value is -4.24. The third kappa shape index (κ3) is 4.85. The number of nitrogens with zero attached hydrogens (tertiary/aromatic N) is 3. The molecule has 8 nitrogen and oxygen atoms in total. The van der Waals surface area contributed by atoms with Gasteiger partial charge < -0.3 is 10.6 Å². The molecule has 176 valence electrons. The maximum atomic E-state index is 13.0. The quantitative estimate of drug-likeness (QED) is 0.309. The Balaban J connectivity index is 1.28. The number of aromatic nitrogens is 4. The lowest BCUT2D eigenvalue weighted by Crippen LogP contribution is -2.40. The van der Waals surface area contributed by atoms with E-state index in [1.807, 2.05) is 73.3 Å². The van der Waals surface area contributed by atoms with Crippen LogP contribution in [-0.2, 0) is 12.1 Å². The average molecular weight is 485 g/mol. The number of hydrogen-bond acceptors (Lipinski definition) is 5. The van der Waals surface area contributed by atoms with Crippen molar-refractivity contribution < 1.29 is 9.59 Å². The highest BCUT2D eigenvalue weighted by molar-refractivity contribution is 7.20. The summed E-state index contributed by atoms with van der Waals surface area (Å²) < 4.78 is 1.82. The van der Waals surface area contributed by atoms with E-state index < -0.39 is 5.54 Å². The summed E-state index contributed by atoms with van der Waals surface area (Å²) in [5, 5.41) is 18.0. The zero-order chi connectivity index (χ0) is 24.4. The lowest BCUT2D eigenvalue weighted by Gasteiger charge is -2.26. The van der Waals surface area contributed by atoms with E-state index in [0.717, 1.165) is 16.0 Å². The van der Waals surface area contributed by atoms with Gasteiger partial charge in [-0.1, -0.05) is 42.5 Å². The van der Waals surface area contributed by atoms with Gasteiger partial charge in [0.1, 0.15) is 4.83 Å². The predicted molar refractivity (Wildman–Crippen MR) is 137 cm³/mol. The molecule has 0 spiro atoms. The smallest absolute Gasteiger partial charge is 0.262 e. The van der Waals surface area contributed by atoms with Crippen LogP contribution in [0.15, 0.2) is 79.1 Å². The second kappa shape index (κ2) is 9.19. The fraction of sp³-hybridized carbons (Fsp3) is 0.154. The van der Waals surface area contributed by atoms with Gasteiger partial charge in [-0.25, -0.2) is 0 Å². The summed E-state index contributed by atoms with van der Waals surface area (Å²) in [6.45, 7) is 4.57. The summed E-state index contributed by atoms with van der Waals surface area (Å²) in [4.78, 5) is 27.0. The molecule has 35 heavy (non-hydrogen) atoms. The van der Waals surface area contributed by atoms with Crippen molar-refractivity contribution in [2.45, 2.75) is 25.9 Å². The summed E-state index contributed by atoms with van der Waals surface area (Å²) >= 11 is 1.30. The molecular weight excluding hydrogens is 460 g/mol. The Labute approximate surface area is 206 Å². The van der Waals surface area contributed by atoms with Crippen LogP contribution in [0.1, 0.15) is 45.0 Å². The minimum Gasteiger partial charge on any atom is -0.342 e. The van der Waals surface area contributed by atoms with E-state index >= 15 is 0 Å². The molecule has 3 heterocycles. The number of nitrogens with one attached hydrogen (secondary N) is 3. The van der Waals surface area contributed by atoms with Crippen molar-refractivity contribution >= 4 is 39.2 Å². The predicted octanol–water partition coefficient (Wildman–Crippen LogP) is 4.79. The Morgan fingerprint density at radius 3 is 2.51 bits per heavy atom. The summed E-state index contributed by atoms with van der Waals surface area (Å²) in [6, 6.07) is 20.8. The maximum Gasteiger partial charge on any atom is 0.262 e. The van der Waals surface area contributed by atoms with Crippen LogP contribution in [0.4, 0.5) is 5.82 Å². The molecule has 0 aliphatic carbocycles. The molecule has 2 aromatic carbocycles. The van der Waals surface area contributed by atoms with E-state index in [4.69, 9.17) is 0 Å². The Bertz CT molecular complexity index is 1470. The van der Waals surface area contributed by atoms with Gasteiger partial charge in [0, 0.05) is 18.0 Å². The molecule has 0 unspecified atom stereocenters. The monoisotopic (exact) mass is 484 g/mol. The number of anilines is 1. The second-order valence-electron chi connectivity index (χ2n) is 8.73. The number of carbonyl (C=O) groups excluding carboxylic acids is 2. The molecule has 5 aromatic rings. The summed E-state index contributed by atoms with van der Waals surface area (Å²) in [7, 11) is 0. The van der Waals surface area contributed by atoms with Crippen LogP contribution in [0, 0.1) is 0 Å². The van der Waals surface area contributed by atoms with E-state index in [1.54, 1.807) is 24.4 Å². The third-order valence-corrected chi connectivity index (χ3v) is 6.79. The largest absolute Gasteiger partial charge is 0.342 e. The fourth-order valence-electron chi connectivity index (χ4n) is 3.82. The van der Waals surface area contributed by atoms with Crippen molar-refractivity contribution in [3.8, 4) is 0 Å². The molecule has 5 rings (SSSR count). The molecule has 3 aromatic heterocycles. The number of aromatic amines is 1. The number of H-pyrrole nitrogens is 1. The molecule has 0 saturated heterocycles. The minimum atomic E-state index is -0.533. The first kappa shape index (κ1) is 22.5. The number of carbonyl (C=O) groups is 2. The van der Waals surface area contributed by atoms with E-state index in [9.17, 15) is 9.59 Å². The number of rotatable bonds is 7. The minimum absolute atomic E-state index is 0.182. The van der Waals surface area contributed by atoms with Gasteiger partial charge >= 0.3 is 0 Å². The summed E-state index contributed by atoms with van der Waals surface area (Å²) in [6.07, 6.45) is 3.62. The van der Waals surface area contributed by atoms with Gasteiger partial charge in [-0.15, -0.1) is 11.3 Å². The molecule has 3 N–H and O–H groups in total. The Morgan fingerprint density at radius 1 is 1.03 bits per heavy atom. The Kier molecular flexibility index (Phi) is 5.92. The first-order valence-corrected chi connectivity index (χ1v) is 11.9. The van der Waals surface area contributed by atoms with Crippen LogP contribution in [-0.4, -0.2) is 31.8 Å². The van der Waals surface area contributed by atoms with Gasteiger partial charge in [-0.05, 0) is 49.2 Å². The van der Waals surface area contributed by atoms with E-state index in [1.165, 1.54) is 11.3 Å². The number of thiophene rings is 1. The van der Waals surface area contributed by atoms with Gasteiger partial charge in [-0.3, -0.25) is 19.4 Å². The molecule has 0 saturated carbocycles. The fourth-order valence-corrected chi connectivity index (χ4v) is 4.72. The van der Waals surface area contributed by atoms with Gasteiger partial charge in [-0.2, -0.15) is 10.2 Å². The maximum absolute atomic E-state index is 13.0. The van der Waals surface area contributed by atoms with Crippen LogP contribution in [0.2, 0.25) is 0 Å². The summed E-state index contributed by atoms with van der Waals surface area (Å²) in [5.41, 5.74) is 2.04. The van der Waals surface area contributed by atoms with Crippen molar-refractivity contribution in [3.63, 3.8) is 0 Å². The molecule has 0 aliphatic rings. The van der Waals surface area contributed by atoms with Gasteiger partial charge in [0.05, 0.1) is 22.3 Å². The van der Waals surface area contributed by atoms with Crippen molar-refractivity contribution in [2.75, 3.05) is 5.32 Å². The number of hydrogen-bond donors (Lipinski definition) is 3. The third-order valence-electron chi connectivity index (χ3n) is 5.75. The highest BCUT2D eigenvalue weighted by atomic mass is 32.1. The van der Waals surface area contributed by atoms with Crippen molar-refractivity contribution in [1.82, 2.24) is 25.3 Å². The van der Waals surface area contributed by atoms with E-state index in [-0.39, 0.29) is 11.8 Å². The number of fused-ring (bicyclic) bond motifs is 1. The van der Waals surface area contributed by atoms with Crippen molar-refractivity contribution in [2.24, 2.45) is 0 Å². The molecule has 0 aliphatic heterocycles. The van der Waals surface area contributed by atoms with Crippen LogP contribution >= 0.6 is 11.3 Å². The van der Waals surface area contributed by atoms with Crippen LogP contribution in [0.3, 0.4) is 0 Å². The SMILES string of the molecule is CC(C)(NC(=O)c1cc2c(NC(=O)c3ccc(Cn4cccn4)cc3)n[nH]c2s1)c1ccccc1. The average Bonchev–Trinajstić information content (AvgIpc) is 3.59. The van der Waals surface area contributed by atoms with E-state index in [2.05, 4.69) is 25.9 Å². The van der Waals surface area contributed by atoms with E-state index in [0.29, 0.717) is 28.2 Å². The van der Waals surface area contributed by atoms with Crippen LogP contribution in [0.5, 0.6) is 0 Å². The molecule has 0 radical (unpaired) electrons. The zero-order valence-corrected chi connectivity index (χ0v) is 20.1. The van der Waals surface area contributed by atoms with Crippen molar-refractivity contribution in [3.05, 3.63) is 101 Å². The molecule has 0 fully saturated rings. The highest BCUT2D eigenvalue weighted by Gasteiger charge is 2.25. The summed E-state index contributed by atoms with van der Waals surface area (Å²) in [5.74, 6) is -0.0619. The normalized spacial score (nSPS) is 11.5. The topological polar surface area (TPSA) is 105 Å². The molecule has 2 amide bonds. The number of benzene rings is 2. The zero-order valence-electron chi connectivity index (χ0n) is 19.3.